The van der Waals surface area contributed by atoms with Crippen LogP contribution in [0.1, 0.15) is 85.0 Å². The Labute approximate surface area is 191 Å². The standard InChI is InChI=1S/C28H45N3/c1-21-16-22(2)20-31(19-21)24(4)12-14-30-15-13-28(29)26-11-7-8-23(3)27(18-26)17-25-9-5-6-10-25/h13,15,18,21-22,25,29-30H,4-12,14,16-17,19-20H2,1-3H3/b15-13-,29-28?. The van der Waals surface area contributed by atoms with E-state index in [4.69, 9.17) is 5.41 Å². The Morgan fingerprint density at radius 1 is 1.16 bits per heavy atom. The van der Waals surface area contributed by atoms with Gasteiger partial charge in [0.1, 0.15) is 0 Å². The van der Waals surface area contributed by atoms with Crippen LogP contribution in [0.5, 0.6) is 0 Å². The number of nitrogens with one attached hydrogen (secondary N) is 2. The van der Waals surface area contributed by atoms with Crippen molar-refractivity contribution in [3.63, 3.8) is 0 Å². The number of allylic oxidation sites excluding steroid dienone is 5. The molecule has 2 fully saturated rings. The molecule has 3 rings (SSSR count). The van der Waals surface area contributed by atoms with Gasteiger partial charge in [-0.25, -0.2) is 0 Å². The van der Waals surface area contributed by atoms with Crippen LogP contribution in [0.4, 0.5) is 0 Å². The molecule has 0 radical (unpaired) electrons. The average molecular weight is 424 g/mol. The van der Waals surface area contributed by atoms with Crippen molar-refractivity contribution in [2.45, 2.75) is 85.0 Å². The Kier molecular flexibility index (Phi) is 9.04. The smallest absolute Gasteiger partial charge is 0.0586 e. The zero-order chi connectivity index (χ0) is 22.2. The van der Waals surface area contributed by atoms with Crippen molar-refractivity contribution >= 4 is 5.71 Å². The van der Waals surface area contributed by atoms with Gasteiger partial charge in [0.25, 0.3) is 0 Å². The van der Waals surface area contributed by atoms with E-state index in [1.165, 1.54) is 68.2 Å². The molecule has 0 aromatic heterocycles. The topological polar surface area (TPSA) is 39.1 Å². The average Bonchev–Trinajstić information content (AvgIpc) is 3.16. The van der Waals surface area contributed by atoms with Crippen LogP contribution in [0.2, 0.25) is 0 Å². The molecule has 0 spiro atoms. The Morgan fingerprint density at radius 2 is 1.87 bits per heavy atom. The van der Waals surface area contributed by atoms with E-state index < -0.39 is 0 Å². The molecule has 1 aliphatic heterocycles. The molecule has 2 atom stereocenters. The number of piperidine rings is 1. The summed E-state index contributed by atoms with van der Waals surface area (Å²) in [5.74, 6) is 2.39. The van der Waals surface area contributed by atoms with Gasteiger partial charge in [-0.2, -0.15) is 0 Å². The van der Waals surface area contributed by atoms with E-state index in [-0.39, 0.29) is 0 Å². The molecule has 172 valence electrons. The van der Waals surface area contributed by atoms with E-state index in [1.54, 1.807) is 5.57 Å². The molecule has 1 heterocycles. The third-order valence-corrected chi connectivity index (χ3v) is 7.47. The minimum absolute atomic E-state index is 0.670. The first kappa shape index (κ1) is 23.9. The summed E-state index contributed by atoms with van der Waals surface area (Å²) in [6.45, 7) is 14.5. The third kappa shape index (κ3) is 7.40. The number of rotatable bonds is 9. The zero-order valence-corrected chi connectivity index (χ0v) is 20.3. The number of likely N-dealkylation sites (tertiary alicyclic amines) is 1. The summed E-state index contributed by atoms with van der Waals surface area (Å²) in [5.41, 5.74) is 6.20. The molecule has 0 aromatic rings. The second kappa shape index (κ2) is 11.7. The predicted octanol–water partition coefficient (Wildman–Crippen LogP) is 7.00. The van der Waals surface area contributed by atoms with Gasteiger partial charge in [0.15, 0.2) is 0 Å². The molecule has 2 N–H and O–H groups in total. The normalized spacial score (nSPS) is 25.6. The first-order valence-corrected chi connectivity index (χ1v) is 12.7. The summed E-state index contributed by atoms with van der Waals surface area (Å²) in [4.78, 5) is 2.48. The molecular formula is C28H45N3. The SMILES string of the molecule is C=C(CCN/C=C\C(=N)C1=CC(CC2CCCC2)=C(C)CCC1)N1CC(C)CC(C)C1. The maximum atomic E-state index is 8.60. The minimum Gasteiger partial charge on any atom is -0.390 e. The van der Waals surface area contributed by atoms with E-state index in [0.717, 1.165) is 50.2 Å². The van der Waals surface area contributed by atoms with Gasteiger partial charge in [-0.15, -0.1) is 0 Å². The van der Waals surface area contributed by atoms with Crippen molar-refractivity contribution in [1.29, 1.82) is 5.41 Å². The van der Waals surface area contributed by atoms with Gasteiger partial charge < -0.3 is 15.6 Å². The third-order valence-electron chi connectivity index (χ3n) is 7.47. The van der Waals surface area contributed by atoms with Crippen LogP contribution in [0, 0.1) is 23.2 Å². The first-order valence-electron chi connectivity index (χ1n) is 12.7. The Hall–Kier alpha value is -1.77. The molecule has 3 aliphatic rings. The zero-order valence-electron chi connectivity index (χ0n) is 20.3. The fourth-order valence-corrected chi connectivity index (χ4v) is 5.71. The predicted molar refractivity (Wildman–Crippen MR) is 134 cm³/mol. The molecule has 3 heteroatoms. The molecule has 1 saturated heterocycles. The summed E-state index contributed by atoms with van der Waals surface area (Å²) in [7, 11) is 0. The fraction of sp³-hybridized carbons (Fsp3) is 0.679. The Bertz CT molecular complexity index is 711. The van der Waals surface area contributed by atoms with E-state index in [9.17, 15) is 0 Å². The lowest BCUT2D eigenvalue weighted by atomic mass is 9.91. The fourth-order valence-electron chi connectivity index (χ4n) is 5.71. The lowest BCUT2D eigenvalue weighted by molar-refractivity contribution is 0.174. The summed E-state index contributed by atoms with van der Waals surface area (Å²) < 4.78 is 0. The maximum absolute atomic E-state index is 8.60. The van der Waals surface area contributed by atoms with Gasteiger partial charge in [0.05, 0.1) is 5.71 Å². The molecular weight excluding hydrogens is 378 g/mol. The summed E-state index contributed by atoms with van der Waals surface area (Å²) in [5, 5.41) is 12.0. The van der Waals surface area contributed by atoms with Gasteiger partial charge in [0.2, 0.25) is 0 Å². The number of hydrogen-bond donors (Lipinski definition) is 2. The monoisotopic (exact) mass is 423 g/mol. The number of hydrogen-bond acceptors (Lipinski definition) is 3. The second-order valence-electron chi connectivity index (χ2n) is 10.6. The maximum Gasteiger partial charge on any atom is 0.0586 e. The molecule has 0 aromatic carbocycles. The van der Waals surface area contributed by atoms with Crippen LogP contribution in [0.25, 0.3) is 0 Å². The minimum atomic E-state index is 0.670. The van der Waals surface area contributed by atoms with Gasteiger partial charge in [0, 0.05) is 31.8 Å². The van der Waals surface area contributed by atoms with Crippen molar-refractivity contribution in [3.8, 4) is 0 Å². The highest BCUT2D eigenvalue weighted by Gasteiger charge is 2.22. The molecule has 1 saturated carbocycles. The largest absolute Gasteiger partial charge is 0.390 e. The van der Waals surface area contributed by atoms with Gasteiger partial charge in [-0.05, 0) is 80.2 Å². The summed E-state index contributed by atoms with van der Waals surface area (Å²) in [6.07, 6.45) is 18.8. The van der Waals surface area contributed by atoms with Crippen molar-refractivity contribution in [2.75, 3.05) is 19.6 Å². The van der Waals surface area contributed by atoms with Gasteiger partial charge in [-0.1, -0.05) is 57.8 Å². The van der Waals surface area contributed by atoms with Crippen LogP contribution in [0.15, 0.2) is 47.3 Å². The van der Waals surface area contributed by atoms with E-state index in [0.29, 0.717) is 5.71 Å². The lowest BCUT2D eigenvalue weighted by Crippen LogP contribution is -2.38. The van der Waals surface area contributed by atoms with E-state index >= 15 is 0 Å². The summed E-state index contributed by atoms with van der Waals surface area (Å²) in [6, 6.07) is 0. The van der Waals surface area contributed by atoms with E-state index in [1.807, 2.05) is 12.3 Å². The Balaban J connectivity index is 1.45. The van der Waals surface area contributed by atoms with Crippen molar-refractivity contribution in [3.05, 3.63) is 47.3 Å². The van der Waals surface area contributed by atoms with E-state index in [2.05, 4.69) is 43.6 Å². The highest BCUT2D eigenvalue weighted by atomic mass is 15.1. The Morgan fingerprint density at radius 3 is 2.58 bits per heavy atom. The quantitative estimate of drug-likeness (QED) is 0.309. The van der Waals surface area contributed by atoms with Crippen LogP contribution in [-0.2, 0) is 0 Å². The van der Waals surface area contributed by atoms with Crippen molar-refractivity contribution in [2.24, 2.45) is 17.8 Å². The van der Waals surface area contributed by atoms with Crippen LogP contribution >= 0.6 is 0 Å². The molecule has 2 unspecified atom stereocenters. The molecule has 0 amide bonds. The second-order valence-corrected chi connectivity index (χ2v) is 10.6. The van der Waals surface area contributed by atoms with Crippen LogP contribution in [0.3, 0.4) is 0 Å². The molecule has 31 heavy (non-hydrogen) atoms. The van der Waals surface area contributed by atoms with Crippen molar-refractivity contribution in [1.82, 2.24) is 10.2 Å². The summed E-state index contributed by atoms with van der Waals surface area (Å²) >= 11 is 0. The molecule has 2 aliphatic carbocycles. The lowest BCUT2D eigenvalue weighted by Gasteiger charge is -2.37. The highest BCUT2D eigenvalue weighted by molar-refractivity contribution is 6.06. The van der Waals surface area contributed by atoms with Crippen molar-refractivity contribution < 1.29 is 0 Å². The molecule has 0 bridgehead atoms. The molecule has 3 nitrogen and oxygen atoms in total. The van der Waals surface area contributed by atoms with Crippen LogP contribution in [-0.4, -0.2) is 30.2 Å². The highest BCUT2D eigenvalue weighted by Crippen LogP contribution is 2.34. The number of nitrogens with zero attached hydrogens (tertiary/aromatic N) is 1. The van der Waals surface area contributed by atoms with Gasteiger partial charge in [-0.3, -0.25) is 0 Å². The first-order chi connectivity index (χ1) is 14.9. The van der Waals surface area contributed by atoms with Crippen LogP contribution < -0.4 is 5.32 Å². The van der Waals surface area contributed by atoms with Gasteiger partial charge >= 0.3 is 0 Å².